The molecule has 6 nitrogen and oxygen atoms in total. The largest absolute Gasteiger partial charge is 0.396 e. The van der Waals surface area contributed by atoms with Gasteiger partial charge in [0, 0.05) is 18.9 Å². The highest BCUT2D eigenvalue weighted by Gasteiger charge is 1.97. The Morgan fingerprint density at radius 1 is 1.50 bits per heavy atom. The maximum Gasteiger partial charge on any atom is 0.243 e. The van der Waals surface area contributed by atoms with Crippen LogP contribution < -0.4 is 11.1 Å². The summed E-state index contributed by atoms with van der Waals surface area (Å²) in [5, 5.41) is 17.9. The zero-order chi connectivity index (χ0) is 10.2. The molecule has 0 aromatic carbocycles. The molecular weight excluding hydrogens is 202 g/mol. The number of hydrogen-bond donors (Lipinski definition) is 4. The van der Waals surface area contributed by atoms with E-state index >= 15 is 0 Å². The minimum atomic E-state index is 0.262. The van der Waals surface area contributed by atoms with Crippen molar-refractivity contribution in [1.82, 2.24) is 15.2 Å². The summed E-state index contributed by atoms with van der Waals surface area (Å²) in [4.78, 5) is 3.90. The lowest BCUT2D eigenvalue weighted by Gasteiger charge is -2.00. The molecule has 5 N–H and O–H groups in total. The number of anilines is 2. The standard InChI is InChI=1S/C7H15N5OS/c8-6-10-7(12-11-6)9-2-5-14-4-1-3-13/h13H,1-5H2,(H4,8,9,10,11,12). The van der Waals surface area contributed by atoms with E-state index in [1.807, 2.05) is 0 Å². The SMILES string of the molecule is Nc1nc(NCCSCCCO)n[nH]1. The highest BCUT2D eigenvalue weighted by atomic mass is 32.2. The lowest BCUT2D eigenvalue weighted by Crippen LogP contribution is -2.06. The van der Waals surface area contributed by atoms with Crippen molar-refractivity contribution in [1.29, 1.82) is 0 Å². The zero-order valence-electron chi connectivity index (χ0n) is 7.86. The van der Waals surface area contributed by atoms with Crippen LogP contribution in [0, 0.1) is 0 Å². The van der Waals surface area contributed by atoms with E-state index in [0.29, 0.717) is 11.9 Å². The van der Waals surface area contributed by atoms with Gasteiger partial charge in [0.05, 0.1) is 0 Å². The third kappa shape index (κ3) is 4.33. The predicted molar refractivity (Wildman–Crippen MR) is 58.3 cm³/mol. The first-order valence-corrected chi connectivity index (χ1v) is 5.58. The van der Waals surface area contributed by atoms with E-state index < -0.39 is 0 Å². The number of rotatable bonds is 7. The summed E-state index contributed by atoms with van der Waals surface area (Å²) in [5.41, 5.74) is 5.35. The maximum atomic E-state index is 8.54. The van der Waals surface area contributed by atoms with Crippen molar-refractivity contribution in [3.8, 4) is 0 Å². The van der Waals surface area contributed by atoms with E-state index in [2.05, 4.69) is 20.5 Å². The molecule has 0 radical (unpaired) electrons. The van der Waals surface area contributed by atoms with Crippen molar-refractivity contribution in [2.75, 3.05) is 35.7 Å². The first-order chi connectivity index (χ1) is 6.83. The molecule has 0 spiro atoms. The number of nitrogens with one attached hydrogen (secondary N) is 2. The van der Waals surface area contributed by atoms with Gasteiger partial charge in [-0.3, -0.25) is 0 Å². The number of aromatic amines is 1. The molecular formula is C7H15N5OS. The van der Waals surface area contributed by atoms with Gasteiger partial charge in [-0.2, -0.15) is 16.7 Å². The molecule has 0 aliphatic carbocycles. The van der Waals surface area contributed by atoms with Crippen LogP contribution in [-0.2, 0) is 0 Å². The van der Waals surface area contributed by atoms with Gasteiger partial charge in [-0.25, -0.2) is 5.10 Å². The Morgan fingerprint density at radius 2 is 2.36 bits per heavy atom. The molecule has 0 saturated heterocycles. The predicted octanol–water partition coefficient (Wildman–Crippen LogP) is -0.0856. The molecule has 0 atom stereocenters. The summed E-state index contributed by atoms with van der Waals surface area (Å²) in [6.45, 7) is 1.06. The number of H-pyrrole nitrogens is 1. The van der Waals surface area contributed by atoms with Gasteiger partial charge in [-0.05, 0) is 12.2 Å². The molecule has 1 rings (SSSR count). The summed E-state index contributed by atoms with van der Waals surface area (Å²) >= 11 is 1.78. The molecule has 0 unspecified atom stereocenters. The van der Waals surface area contributed by atoms with Gasteiger partial charge in [0.2, 0.25) is 11.9 Å². The zero-order valence-corrected chi connectivity index (χ0v) is 8.68. The Hall–Kier alpha value is -0.950. The van der Waals surface area contributed by atoms with E-state index in [4.69, 9.17) is 10.8 Å². The third-order valence-corrected chi connectivity index (χ3v) is 2.55. The number of aliphatic hydroxyl groups is 1. The quantitative estimate of drug-likeness (QED) is 0.476. The fraction of sp³-hybridized carbons (Fsp3) is 0.714. The van der Waals surface area contributed by atoms with Crippen LogP contribution in [0.1, 0.15) is 6.42 Å². The first kappa shape index (κ1) is 11.1. The second-order valence-corrected chi connectivity index (χ2v) is 3.89. The Kier molecular flexibility index (Phi) is 5.16. The number of nitrogens with zero attached hydrogens (tertiary/aromatic N) is 2. The molecule has 7 heteroatoms. The van der Waals surface area contributed by atoms with E-state index in [0.717, 1.165) is 24.5 Å². The van der Waals surface area contributed by atoms with Crippen LogP contribution in [0.15, 0.2) is 0 Å². The maximum absolute atomic E-state index is 8.54. The highest BCUT2D eigenvalue weighted by molar-refractivity contribution is 7.99. The van der Waals surface area contributed by atoms with Crippen molar-refractivity contribution in [2.24, 2.45) is 0 Å². The molecule has 0 aliphatic heterocycles. The average Bonchev–Trinajstić information content (AvgIpc) is 2.58. The van der Waals surface area contributed by atoms with Gasteiger partial charge in [-0.1, -0.05) is 0 Å². The summed E-state index contributed by atoms with van der Waals surface area (Å²) in [6, 6.07) is 0. The fourth-order valence-electron chi connectivity index (χ4n) is 0.857. The second kappa shape index (κ2) is 6.50. The lowest BCUT2D eigenvalue weighted by molar-refractivity contribution is 0.296. The fourth-order valence-corrected chi connectivity index (χ4v) is 1.64. The van der Waals surface area contributed by atoms with Crippen molar-refractivity contribution in [3.05, 3.63) is 0 Å². The molecule has 1 aromatic rings. The average molecular weight is 217 g/mol. The van der Waals surface area contributed by atoms with Gasteiger partial charge >= 0.3 is 0 Å². The van der Waals surface area contributed by atoms with Crippen molar-refractivity contribution in [3.63, 3.8) is 0 Å². The number of hydrogen-bond acceptors (Lipinski definition) is 6. The van der Waals surface area contributed by atoms with Crippen molar-refractivity contribution < 1.29 is 5.11 Å². The summed E-state index contributed by atoms with van der Waals surface area (Å²) in [7, 11) is 0. The van der Waals surface area contributed by atoms with Crippen LogP contribution in [0.4, 0.5) is 11.9 Å². The number of thioether (sulfide) groups is 1. The topological polar surface area (TPSA) is 99.8 Å². The minimum Gasteiger partial charge on any atom is -0.396 e. The molecule has 80 valence electrons. The van der Waals surface area contributed by atoms with E-state index in [1.54, 1.807) is 11.8 Å². The van der Waals surface area contributed by atoms with Gasteiger partial charge in [0.1, 0.15) is 0 Å². The highest BCUT2D eigenvalue weighted by Crippen LogP contribution is 2.03. The molecule has 1 aromatic heterocycles. The van der Waals surface area contributed by atoms with E-state index in [1.165, 1.54) is 0 Å². The smallest absolute Gasteiger partial charge is 0.243 e. The van der Waals surface area contributed by atoms with Crippen LogP contribution in [-0.4, -0.2) is 44.9 Å². The Labute approximate surface area is 86.7 Å². The van der Waals surface area contributed by atoms with E-state index in [-0.39, 0.29) is 6.61 Å². The monoisotopic (exact) mass is 217 g/mol. The normalized spacial score (nSPS) is 10.4. The number of aliphatic hydroxyl groups excluding tert-OH is 1. The van der Waals surface area contributed by atoms with Crippen molar-refractivity contribution in [2.45, 2.75) is 6.42 Å². The Balaban J connectivity index is 1.99. The van der Waals surface area contributed by atoms with Gasteiger partial charge in [0.25, 0.3) is 0 Å². The van der Waals surface area contributed by atoms with Crippen LogP contribution in [0.2, 0.25) is 0 Å². The number of nitrogens with two attached hydrogens (primary N) is 1. The van der Waals surface area contributed by atoms with Crippen molar-refractivity contribution >= 4 is 23.7 Å². The molecule has 0 saturated carbocycles. The Morgan fingerprint density at radius 3 is 3.00 bits per heavy atom. The molecule has 0 bridgehead atoms. The molecule has 14 heavy (non-hydrogen) atoms. The van der Waals surface area contributed by atoms with Crippen LogP contribution in [0.25, 0.3) is 0 Å². The summed E-state index contributed by atoms with van der Waals surface area (Å²) in [5.74, 6) is 2.80. The number of nitrogen functional groups attached to an aromatic ring is 1. The first-order valence-electron chi connectivity index (χ1n) is 4.43. The summed E-state index contributed by atoms with van der Waals surface area (Å²) in [6.07, 6.45) is 0.846. The van der Waals surface area contributed by atoms with E-state index in [9.17, 15) is 0 Å². The van der Waals surface area contributed by atoms with Crippen LogP contribution in [0.5, 0.6) is 0 Å². The van der Waals surface area contributed by atoms with Gasteiger partial charge < -0.3 is 16.2 Å². The lowest BCUT2D eigenvalue weighted by atomic mass is 10.5. The van der Waals surface area contributed by atoms with Gasteiger partial charge in [-0.15, -0.1) is 5.10 Å². The minimum absolute atomic E-state index is 0.262. The summed E-state index contributed by atoms with van der Waals surface area (Å²) < 4.78 is 0. The van der Waals surface area contributed by atoms with Crippen LogP contribution in [0.3, 0.4) is 0 Å². The second-order valence-electron chi connectivity index (χ2n) is 2.66. The Bertz CT molecular complexity index is 254. The van der Waals surface area contributed by atoms with Crippen LogP contribution >= 0.6 is 11.8 Å². The molecule has 1 heterocycles. The third-order valence-electron chi connectivity index (χ3n) is 1.48. The molecule has 0 amide bonds. The number of aromatic nitrogens is 3. The van der Waals surface area contributed by atoms with Gasteiger partial charge in [0.15, 0.2) is 0 Å². The molecule has 0 fully saturated rings. The molecule has 0 aliphatic rings.